The largest absolute Gasteiger partial charge is 0.495 e. The van der Waals surface area contributed by atoms with Crippen molar-refractivity contribution in [3.05, 3.63) is 93.5 Å². The van der Waals surface area contributed by atoms with Crippen LogP contribution < -0.4 is 15.4 Å². The SMILES string of the molecule is C=O.CNCC(c1cccc(Cl)c1F)C(C#N)CC(C)(C)C.CNc1ccc(C(=O)C(C)C)cc1OC.Fc1cccc(Cl)c1. The van der Waals surface area contributed by atoms with Crippen LogP contribution in [0, 0.1) is 40.2 Å². The molecule has 246 valence electrons. The molecule has 0 radical (unpaired) electrons. The van der Waals surface area contributed by atoms with Crippen LogP contribution in [-0.4, -0.2) is 40.3 Å². The summed E-state index contributed by atoms with van der Waals surface area (Å²) in [5.74, 6) is -0.325. The highest BCUT2D eigenvalue weighted by Crippen LogP contribution is 2.36. The molecule has 3 aromatic rings. The number of anilines is 1. The third-order valence-electron chi connectivity index (χ3n) is 6.36. The van der Waals surface area contributed by atoms with Crippen molar-refractivity contribution in [1.29, 1.82) is 5.26 Å². The zero-order chi connectivity index (χ0) is 34.7. The summed E-state index contributed by atoms with van der Waals surface area (Å²) in [4.78, 5) is 19.7. The van der Waals surface area contributed by atoms with Gasteiger partial charge in [-0.2, -0.15) is 5.26 Å². The van der Waals surface area contributed by atoms with Crippen LogP contribution in [0.1, 0.15) is 62.9 Å². The quantitative estimate of drug-likeness (QED) is 0.222. The van der Waals surface area contributed by atoms with E-state index in [0.717, 1.165) is 5.69 Å². The number of carbonyl (C=O) groups is 2. The van der Waals surface area contributed by atoms with Gasteiger partial charge in [-0.05, 0) is 66.9 Å². The van der Waals surface area contributed by atoms with Crippen LogP contribution >= 0.6 is 23.2 Å². The second-order valence-corrected chi connectivity index (χ2v) is 12.3. The average Bonchev–Trinajstić information content (AvgIpc) is 3.00. The van der Waals surface area contributed by atoms with E-state index in [9.17, 15) is 18.8 Å². The van der Waals surface area contributed by atoms with E-state index in [0.29, 0.717) is 34.9 Å². The number of nitriles is 1. The molecule has 0 aliphatic rings. The smallest absolute Gasteiger partial charge is 0.165 e. The maximum atomic E-state index is 14.2. The lowest BCUT2D eigenvalue weighted by Crippen LogP contribution is -2.27. The van der Waals surface area contributed by atoms with Gasteiger partial charge in [0.2, 0.25) is 0 Å². The molecule has 6 nitrogen and oxygen atoms in total. The number of Topliss-reactive ketones (excluding diaryl/α,β-unsaturated/α-hetero) is 1. The maximum absolute atomic E-state index is 14.2. The number of hydrogen-bond acceptors (Lipinski definition) is 6. The fraction of sp³-hybridized carbons (Fsp3) is 0.400. The zero-order valence-electron chi connectivity index (χ0n) is 27.3. The molecule has 0 heterocycles. The molecule has 2 atom stereocenters. The summed E-state index contributed by atoms with van der Waals surface area (Å²) in [7, 11) is 5.22. The zero-order valence-corrected chi connectivity index (χ0v) is 28.8. The molecule has 0 aliphatic carbocycles. The first-order valence-corrected chi connectivity index (χ1v) is 15.0. The van der Waals surface area contributed by atoms with Gasteiger partial charge in [0.1, 0.15) is 24.2 Å². The molecule has 3 aromatic carbocycles. The highest BCUT2D eigenvalue weighted by atomic mass is 35.5. The summed E-state index contributed by atoms with van der Waals surface area (Å²) >= 11 is 11.3. The first-order chi connectivity index (χ1) is 21.2. The lowest BCUT2D eigenvalue weighted by atomic mass is 9.76. The number of carbonyl (C=O) groups excluding carboxylic acids is 2. The molecule has 0 spiro atoms. The number of nitrogens with zero attached hydrogens (tertiary/aromatic N) is 1. The highest BCUT2D eigenvalue weighted by Gasteiger charge is 2.29. The monoisotopic (exact) mass is 663 g/mol. The summed E-state index contributed by atoms with van der Waals surface area (Å²) in [5, 5.41) is 16.1. The van der Waals surface area contributed by atoms with E-state index < -0.39 is 5.82 Å². The minimum Gasteiger partial charge on any atom is -0.495 e. The number of ketones is 1. The van der Waals surface area contributed by atoms with Crippen molar-refractivity contribution in [2.24, 2.45) is 17.3 Å². The number of nitrogens with one attached hydrogen (secondary N) is 2. The summed E-state index contributed by atoms with van der Waals surface area (Å²) < 4.78 is 31.5. The van der Waals surface area contributed by atoms with Crippen molar-refractivity contribution in [2.75, 3.05) is 33.1 Å². The Morgan fingerprint density at radius 2 is 1.64 bits per heavy atom. The predicted molar refractivity (Wildman–Crippen MR) is 181 cm³/mol. The van der Waals surface area contributed by atoms with Gasteiger partial charge in [-0.25, -0.2) is 8.78 Å². The van der Waals surface area contributed by atoms with Gasteiger partial charge in [-0.1, -0.05) is 76.0 Å². The van der Waals surface area contributed by atoms with Crippen molar-refractivity contribution in [3.63, 3.8) is 0 Å². The minimum absolute atomic E-state index is 0.00939. The van der Waals surface area contributed by atoms with E-state index in [1.807, 2.05) is 39.8 Å². The standard InChI is InChI=1S/C16H22ClFN2.C12H17NO2.C6H4ClF.CH2O/c1-16(2,3)8-11(9-19)13(10-20-4)12-6-5-7-14(17)15(12)18;1-8(2)12(14)9-5-6-10(13-3)11(7-9)15-4;7-5-2-1-3-6(8)4-5;1-2/h5-7,11,13,20H,8,10H2,1-4H3;5-8,13H,1-4H3;1-4H;1H2. The third-order valence-corrected chi connectivity index (χ3v) is 6.88. The van der Waals surface area contributed by atoms with E-state index in [1.165, 1.54) is 18.2 Å². The molecule has 0 amide bonds. The van der Waals surface area contributed by atoms with Crippen LogP contribution in [0.25, 0.3) is 0 Å². The van der Waals surface area contributed by atoms with Gasteiger partial charge in [0.05, 0.1) is 29.8 Å². The van der Waals surface area contributed by atoms with E-state index in [4.69, 9.17) is 32.7 Å². The van der Waals surface area contributed by atoms with Crippen LogP contribution in [0.3, 0.4) is 0 Å². The maximum Gasteiger partial charge on any atom is 0.165 e. The van der Waals surface area contributed by atoms with Gasteiger partial charge in [-0.3, -0.25) is 4.79 Å². The molecule has 2 N–H and O–H groups in total. The number of rotatable bonds is 9. The first kappa shape index (κ1) is 41.5. The van der Waals surface area contributed by atoms with Gasteiger partial charge in [0, 0.05) is 36.0 Å². The Kier molecular flexibility index (Phi) is 19.6. The topological polar surface area (TPSA) is 91.2 Å². The lowest BCUT2D eigenvalue weighted by molar-refractivity contribution is -0.0980. The fourth-order valence-corrected chi connectivity index (χ4v) is 4.64. The van der Waals surface area contributed by atoms with Gasteiger partial charge in [0.25, 0.3) is 0 Å². The summed E-state index contributed by atoms with van der Waals surface area (Å²) in [6.45, 7) is 12.6. The normalized spacial score (nSPS) is 11.6. The summed E-state index contributed by atoms with van der Waals surface area (Å²) in [5.41, 5.74) is 2.11. The molecular formula is C35H45Cl2F2N3O3. The number of ether oxygens (including phenoxy) is 1. The van der Waals surface area contributed by atoms with Gasteiger partial charge in [0.15, 0.2) is 5.78 Å². The lowest BCUT2D eigenvalue weighted by Gasteiger charge is -2.28. The molecule has 0 saturated carbocycles. The number of likely N-dealkylation sites (N-methyl/N-ethyl adjacent to an activating group) is 1. The van der Waals surface area contributed by atoms with Crippen LogP contribution in [0.2, 0.25) is 10.0 Å². The Bertz CT molecular complexity index is 1360. The number of benzene rings is 3. The Morgan fingerprint density at radius 1 is 1.02 bits per heavy atom. The van der Waals surface area contributed by atoms with Crippen molar-refractivity contribution in [3.8, 4) is 11.8 Å². The van der Waals surface area contributed by atoms with Crippen molar-refractivity contribution in [1.82, 2.24) is 5.32 Å². The van der Waals surface area contributed by atoms with Gasteiger partial charge in [-0.15, -0.1) is 0 Å². The van der Waals surface area contributed by atoms with E-state index in [2.05, 4.69) is 37.5 Å². The van der Waals surface area contributed by atoms with Crippen LogP contribution in [-0.2, 0) is 4.79 Å². The highest BCUT2D eigenvalue weighted by molar-refractivity contribution is 6.31. The Balaban J connectivity index is 0.000000677. The van der Waals surface area contributed by atoms with Crippen molar-refractivity contribution >= 4 is 41.5 Å². The summed E-state index contributed by atoms with van der Waals surface area (Å²) in [6.07, 6.45) is 0.710. The van der Waals surface area contributed by atoms with Crippen molar-refractivity contribution in [2.45, 2.75) is 47.0 Å². The summed E-state index contributed by atoms with van der Waals surface area (Å²) in [6, 6.07) is 18.6. The predicted octanol–water partition coefficient (Wildman–Crippen LogP) is 9.23. The number of hydrogen-bond donors (Lipinski definition) is 2. The second kappa shape index (κ2) is 21.3. The molecule has 0 aromatic heterocycles. The number of methoxy groups -OCH3 is 1. The molecule has 0 bridgehead atoms. The molecule has 0 aliphatic heterocycles. The molecule has 0 saturated heterocycles. The second-order valence-electron chi connectivity index (χ2n) is 11.4. The first-order valence-electron chi connectivity index (χ1n) is 14.3. The molecule has 45 heavy (non-hydrogen) atoms. The van der Waals surface area contributed by atoms with Crippen LogP contribution in [0.5, 0.6) is 5.75 Å². The minimum atomic E-state index is -0.413. The molecular weight excluding hydrogens is 619 g/mol. The molecule has 2 unspecified atom stereocenters. The van der Waals surface area contributed by atoms with Crippen LogP contribution in [0.15, 0.2) is 60.7 Å². The van der Waals surface area contributed by atoms with E-state index in [-0.39, 0.29) is 39.8 Å². The Hall–Kier alpha value is -3.51. The Morgan fingerprint density at radius 3 is 2.09 bits per heavy atom. The average molecular weight is 665 g/mol. The fourth-order valence-electron chi connectivity index (χ4n) is 4.28. The molecule has 10 heteroatoms. The van der Waals surface area contributed by atoms with Crippen LogP contribution in [0.4, 0.5) is 14.5 Å². The number of halogens is 4. The van der Waals surface area contributed by atoms with Gasteiger partial charge >= 0.3 is 0 Å². The third kappa shape index (κ3) is 14.9. The van der Waals surface area contributed by atoms with Crippen molar-refractivity contribution < 1.29 is 23.1 Å². The molecule has 3 rings (SSSR count). The van der Waals surface area contributed by atoms with E-state index in [1.54, 1.807) is 44.5 Å². The molecule has 0 fully saturated rings. The Labute approximate surface area is 277 Å². The van der Waals surface area contributed by atoms with E-state index >= 15 is 0 Å². The van der Waals surface area contributed by atoms with Gasteiger partial charge < -0.3 is 20.2 Å².